The van der Waals surface area contributed by atoms with Crippen molar-refractivity contribution >= 4 is 42.5 Å². The van der Waals surface area contributed by atoms with Crippen LogP contribution in [0.3, 0.4) is 0 Å². The Bertz CT molecular complexity index is 1800. The molecular formula is C36H42F3N7O4Si. The maximum absolute atomic E-state index is 14.2. The van der Waals surface area contributed by atoms with Crippen LogP contribution in [-0.2, 0) is 20.1 Å². The predicted octanol–water partition coefficient (Wildman–Crippen LogP) is 5.44. The fraction of sp³-hybridized carbons (Fsp3) is 0.417. The molecule has 2 aromatic carbocycles. The van der Waals surface area contributed by atoms with Crippen LogP contribution < -0.4 is 25.9 Å². The largest absolute Gasteiger partial charge is 0.443 e. The summed E-state index contributed by atoms with van der Waals surface area (Å²) in [5.41, 5.74) is 3.80. The van der Waals surface area contributed by atoms with Crippen LogP contribution in [0, 0.1) is 0 Å². The second-order valence-electron chi connectivity index (χ2n) is 13.9. The van der Waals surface area contributed by atoms with Gasteiger partial charge in [-0.1, -0.05) is 81.4 Å². The summed E-state index contributed by atoms with van der Waals surface area (Å²) < 4.78 is 61.2. The molecule has 11 nitrogen and oxygen atoms in total. The van der Waals surface area contributed by atoms with Crippen molar-refractivity contribution in [3.8, 4) is 11.3 Å². The highest BCUT2D eigenvalue weighted by Gasteiger charge is 2.52. The predicted molar refractivity (Wildman–Crippen MR) is 190 cm³/mol. The molecule has 4 aromatic rings. The molecule has 2 saturated heterocycles. The van der Waals surface area contributed by atoms with E-state index < -0.39 is 44.4 Å². The van der Waals surface area contributed by atoms with Gasteiger partial charge in [0.05, 0.1) is 24.9 Å². The van der Waals surface area contributed by atoms with Gasteiger partial charge in [-0.2, -0.15) is 18.2 Å². The lowest BCUT2D eigenvalue weighted by Crippen LogP contribution is -2.67. The van der Waals surface area contributed by atoms with Gasteiger partial charge in [-0.15, -0.1) is 0 Å². The zero-order valence-electron chi connectivity index (χ0n) is 29.2. The molecule has 2 N–H and O–H groups in total. The standard InChI is InChI=1S/C36H42F3N7O4Si/c1-23(50-51(35(3,4)5,25-12-8-6-9-13-25)26-14-10-7-11-15-26)20-29-24(2)46(34(47)49-29)30-21-28(42-33(43-30)45-16-18-48-19-17-45)27-22-41-32(40)44-31(27)36(37,38)39/h6-15,21-24,29H,16-20H2,1-5H3,(H2,40,41,44)/t23-,24-,29?/m0/s1. The lowest BCUT2D eigenvalue weighted by atomic mass is 10.1. The number of ether oxygens (including phenoxy) is 2. The number of rotatable bonds is 9. The quantitative estimate of drug-likeness (QED) is 0.223. The number of aromatic nitrogens is 4. The van der Waals surface area contributed by atoms with Gasteiger partial charge in [-0.25, -0.2) is 19.7 Å². The summed E-state index contributed by atoms with van der Waals surface area (Å²) in [6, 6.07) is 21.3. The molecule has 2 aromatic heterocycles. The third-order valence-electron chi connectivity index (χ3n) is 9.35. The molecule has 1 amide bonds. The van der Waals surface area contributed by atoms with E-state index >= 15 is 0 Å². The molecule has 2 aliphatic rings. The molecule has 270 valence electrons. The Morgan fingerprint density at radius 2 is 1.59 bits per heavy atom. The number of anilines is 3. The molecule has 51 heavy (non-hydrogen) atoms. The Hall–Kier alpha value is -4.60. The van der Waals surface area contributed by atoms with Crippen molar-refractivity contribution in [2.45, 2.75) is 70.5 Å². The van der Waals surface area contributed by atoms with Crippen molar-refractivity contribution in [2.24, 2.45) is 0 Å². The molecule has 0 saturated carbocycles. The molecule has 2 fully saturated rings. The average molecular weight is 722 g/mol. The molecule has 0 bridgehead atoms. The van der Waals surface area contributed by atoms with Gasteiger partial charge in [0, 0.05) is 43.4 Å². The fourth-order valence-corrected chi connectivity index (χ4v) is 11.6. The van der Waals surface area contributed by atoms with Crippen molar-refractivity contribution in [2.75, 3.05) is 41.8 Å². The van der Waals surface area contributed by atoms with Crippen LogP contribution >= 0.6 is 0 Å². The van der Waals surface area contributed by atoms with Crippen LogP contribution in [0.15, 0.2) is 72.9 Å². The highest BCUT2D eigenvalue weighted by Crippen LogP contribution is 2.40. The number of cyclic esters (lactones) is 1. The highest BCUT2D eigenvalue weighted by molar-refractivity contribution is 6.99. The lowest BCUT2D eigenvalue weighted by molar-refractivity contribution is -0.140. The molecular weight excluding hydrogens is 680 g/mol. The van der Waals surface area contributed by atoms with Gasteiger partial charge in [0.2, 0.25) is 11.9 Å². The monoisotopic (exact) mass is 721 g/mol. The van der Waals surface area contributed by atoms with E-state index in [2.05, 4.69) is 65.0 Å². The van der Waals surface area contributed by atoms with Crippen LogP contribution in [0.1, 0.15) is 46.7 Å². The minimum atomic E-state index is -4.84. The number of amides is 1. The number of nitrogens with zero attached hydrogens (tertiary/aromatic N) is 6. The molecule has 0 aliphatic carbocycles. The van der Waals surface area contributed by atoms with Crippen molar-refractivity contribution < 1.29 is 31.9 Å². The Balaban J connectivity index is 1.34. The van der Waals surface area contributed by atoms with Crippen molar-refractivity contribution in [3.63, 3.8) is 0 Å². The summed E-state index contributed by atoms with van der Waals surface area (Å²) in [7, 11) is -2.90. The Kier molecular flexibility index (Phi) is 10.1. The van der Waals surface area contributed by atoms with Gasteiger partial charge in [-0.05, 0) is 29.3 Å². The number of carbonyl (C=O) groups excluding carboxylic acids is 1. The van der Waals surface area contributed by atoms with Gasteiger partial charge in [0.1, 0.15) is 11.9 Å². The van der Waals surface area contributed by atoms with E-state index in [-0.39, 0.29) is 34.2 Å². The number of hydrogen-bond donors (Lipinski definition) is 1. The normalized spacial score (nSPS) is 19.3. The van der Waals surface area contributed by atoms with Crippen LogP contribution in [0.25, 0.3) is 11.3 Å². The van der Waals surface area contributed by atoms with E-state index in [9.17, 15) is 18.0 Å². The minimum absolute atomic E-state index is 0.0898. The summed E-state index contributed by atoms with van der Waals surface area (Å²) in [5.74, 6) is -0.294. The number of nitrogens with two attached hydrogens (primary N) is 1. The van der Waals surface area contributed by atoms with Crippen LogP contribution in [0.2, 0.25) is 5.04 Å². The van der Waals surface area contributed by atoms with Crippen molar-refractivity contribution in [1.29, 1.82) is 0 Å². The minimum Gasteiger partial charge on any atom is -0.443 e. The third kappa shape index (κ3) is 7.28. The maximum Gasteiger partial charge on any atom is 0.434 e. The molecule has 3 atom stereocenters. The first-order chi connectivity index (χ1) is 24.2. The van der Waals surface area contributed by atoms with E-state index in [1.54, 1.807) is 4.90 Å². The van der Waals surface area contributed by atoms with E-state index in [0.717, 1.165) is 16.6 Å². The Morgan fingerprint density at radius 3 is 2.16 bits per heavy atom. The van der Waals surface area contributed by atoms with Crippen LogP contribution in [0.5, 0.6) is 0 Å². The van der Waals surface area contributed by atoms with Gasteiger partial charge in [0.25, 0.3) is 8.32 Å². The number of hydrogen-bond acceptors (Lipinski definition) is 10. The lowest BCUT2D eigenvalue weighted by Gasteiger charge is -2.45. The first-order valence-corrected chi connectivity index (χ1v) is 18.8. The van der Waals surface area contributed by atoms with Gasteiger partial charge in [0.15, 0.2) is 5.69 Å². The number of halogens is 3. The van der Waals surface area contributed by atoms with Crippen molar-refractivity contribution in [3.05, 3.63) is 78.6 Å². The number of nitrogen functional groups attached to an aromatic ring is 1. The molecule has 15 heteroatoms. The van der Waals surface area contributed by atoms with Crippen LogP contribution in [-0.4, -0.2) is 78.9 Å². The second-order valence-corrected chi connectivity index (χ2v) is 18.1. The zero-order chi connectivity index (χ0) is 36.6. The van der Waals surface area contributed by atoms with Gasteiger partial charge < -0.3 is 24.5 Å². The summed E-state index contributed by atoms with van der Waals surface area (Å²) in [4.78, 5) is 33.3. The smallest absolute Gasteiger partial charge is 0.434 e. The topological polar surface area (TPSA) is 129 Å². The van der Waals surface area contributed by atoms with Gasteiger partial charge >= 0.3 is 12.3 Å². The number of benzene rings is 2. The number of carbonyl (C=O) groups is 1. The first kappa shape index (κ1) is 36.2. The number of morpholine rings is 1. The van der Waals surface area contributed by atoms with Crippen molar-refractivity contribution in [1.82, 2.24) is 19.9 Å². The zero-order valence-corrected chi connectivity index (χ0v) is 30.2. The molecule has 6 rings (SSSR count). The number of alkyl halides is 3. The fourth-order valence-electron chi connectivity index (χ4n) is 6.92. The SMILES string of the molecule is C[C@@H](CC1OC(=O)N(c2cc(-c3cnc(N)nc3C(F)(F)F)nc(N3CCOCC3)n2)[C@H]1C)O[Si](c1ccccc1)(c1ccccc1)C(C)(C)C. The average Bonchev–Trinajstić information content (AvgIpc) is 3.38. The molecule has 4 heterocycles. The van der Waals surface area contributed by atoms with E-state index in [0.29, 0.717) is 32.7 Å². The summed E-state index contributed by atoms with van der Waals surface area (Å²) in [6.07, 6.45) is -5.12. The molecule has 0 spiro atoms. The summed E-state index contributed by atoms with van der Waals surface area (Å²) >= 11 is 0. The van der Waals surface area contributed by atoms with Crippen LogP contribution in [0.4, 0.5) is 35.7 Å². The maximum atomic E-state index is 14.2. The highest BCUT2D eigenvalue weighted by atomic mass is 28.4. The molecule has 0 radical (unpaired) electrons. The second kappa shape index (κ2) is 14.2. The third-order valence-corrected chi connectivity index (χ3v) is 14.5. The molecule has 1 unspecified atom stereocenters. The Morgan fingerprint density at radius 1 is 0.980 bits per heavy atom. The molecule has 2 aliphatic heterocycles. The summed E-state index contributed by atoms with van der Waals surface area (Å²) in [6.45, 7) is 12.0. The Labute approximate surface area is 296 Å². The van der Waals surface area contributed by atoms with E-state index in [1.165, 1.54) is 11.0 Å². The van der Waals surface area contributed by atoms with Gasteiger partial charge in [-0.3, -0.25) is 4.90 Å². The van der Waals surface area contributed by atoms with E-state index in [4.69, 9.17) is 19.6 Å². The van der Waals surface area contributed by atoms with E-state index in [1.807, 2.05) is 50.2 Å². The summed E-state index contributed by atoms with van der Waals surface area (Å²) in [5, 5.41) is 1.99. The first-order valence-electron chi connectivity index (χ1n) is 16.9.